The average molecular weight is 267 g/mol. The Morgan fingerprint density at radius 1 is 1.31 bits per heavy atom. The van der Waals surface area contributed by atoms with Gasteiger partial charge in [-0.2, -0.15) is 12.7 Å². The number of hydrogen-bond acceptors (Lipinski definition) is 4. The minimum atomic E-state index is -3.72. The molecule has 0 bridgehead atoms. The van der Waals surface area contributed by atoms with Gasteiger partial charge in [0.25, 0.3) is 0 Å². The summed E-state index contributed by atoms with van der Waals surface area (Å²) in [4.78, 5) is 10.9. The molecule has 2 amide bonds. The predicted molar refractivity (Wildman–Crippen MR) is 64.2 cm³/mol. The second kappa shape index (κ2) is 4.80. The van der Waals surface area contributed by atoms with E-state index in [4.69, 9.17) is 0 Å². The van der Waals surface area contributed by atoms with Crippen LogP contribution in [0.25, 0.3) is 0 Å². The Balaban J connectivity index is 2.62. The molecule has 0 atom stereocenters. The van der Waals surface area contributed by atoms with Crippen molar-refractivity contribution in [3.63, 3.8) is 0 Å². The molecule has 1 saturated heterocycles. The molecule has 0 aromatic heterocycles. The van der Waals surface area contributed by atoms with Crippen molar-refractivity contribution in [2.75, 3.05) is 13.1 Å². The van der Waals surface area contributed by atoms with Crippen molar-refractivity contribution < 1.29 is 13.2 Å². The van der Waals surface area contributed by atoms with Crippen molar-refractivity contribution >= 4 is 29.1 Å². The molecule has 1 heterocycles. The lowest BCUT2D eigenvalue weighted by Crippen LogP contribution is -2.49. The number of piperidine rings is 1. The highest BCUT2D eigenvalue weighted by Crippen LogP contribution is 2.30. The van der Waals surface area contributed by atoms with Crippen LogP contribution in [0.2, 0.25) is 0 Å². The summed E-state index contributed by atoms with van der Waals surface area (Å²) in [5.41, 5.74) is 0.165. The van der Waals surface area contributed by atoms with E-state index in [1.54, 1.807) is 0 Å². The average Bonchev–Trinajstić information content (AvgIpc) is 2.16. The number of hydrogen-bond donors (Lipinski definition) is 3. The number of nitrogens with one attached hydrogen (secondary N) is 2. The molecule has 0 saturated carbocycles. The van der Waals surface area contributed by atoms with Crippen molar-refractivity contribution in [1.82, 2.24) is 13.7 Å². The zero-order valence-corrected chi connectivity index (χ0v) is 11.1. The Morgan fingerprint density at radius 3 is 2.25 bits per heavy atom. The van der Waals surface area contributed by atoms with E-state index in [0.717, 1.165) is 12.8 Å². The fourth-order valence-corrected chi connectivity index (χ4v) is 2.75. The van der Waals surface area contributed by atoms with Crippen molar-refractivity contribution in [2.24, 2.45) is 5.41 Å². The van der Waals surface area contributed by atoms with Crippen LogP contribution < -0.4 is 9.44 Å². The molecule has 0 aromatic rings. The van der Waals surface area contributed by atoms with Crippen LogP contribution in [0.4, 0.5) is 4.79 Å². The van der Waals surface area contributed by atoms with Crippen LogP contribution >= 0.6 is 12.8 Å². The molecule has 0 unspecified atom stereocenters. The first-order valence-electron chi connectivity index (χ1n) is 4.99. The third-order valence-corrected chi connectivity index (χ3v) is 4.43. The summed E-state index contributed by atoms with van der Waals surface area (Å²) >= 11 is 3.47. The van der Waals surface area contributed by atoms with Crippen LogP contribution in [0.1, 0.15) is 26.7 Å². The second-order valence-corrected chi connectivity index (χ2v) is 6.51. The van der Waals surface area contributed by atoms with Crippen LogP contribution in [-0.2, 0) is 10.2 Å². The molecule has 1 rings (SSSR count). The zero-order chi connectivity index (χ0) is 12.4. The summed E-state index contributed by atoms with van der Waals surface area (Å²) in [6.45, 7) is 5.07. The normalized spacial score (nSPS) is 21.4. The minimum absolute atomic E-state index is 0.165. The molecule has 0 radical (unpaired) electrons. The monoisotopic (exact) mass is 267 g/mol. The van der Waals surface area contributed by atoms with Gasteiger partial charge in [0.05, 0.1) is 0 Å². The van der Waals surface area contributed by atoms with E-state index in [9.17, 15) is 13.2 Å². The maximum atomic E-state index is 11.7. The van der Waals surface area contributed by atoms with Crippen molar-refractivity contribution in [1.29, 1.82) is 0 Å². The van der Waals surface area contributed by atoms with E-state index in [0.29, 0.717) is 13.1 Å². The molecule has 0 spiro atoms. The Labute approximate surface area is 101 Å². The molecule has 16 heavy (non-hydrogen) atoms. The van der Waals surface area contributed by atoms with Gasteiger partial charge in [0.2, 0.25) is 0 Å². The molecular weight excluding hydrogens is 250 g/mol. The molecule has 2 N–H and O–H groups in total. The summed E-state index contributed by atoms with van der Waals surface area (Å²) in [5.74, 6) is 0. The number of thiol groups is 1. The van der Waals surface area contributed by atoms with E-state index in [2.05, 4.69) is 26.7 Å². The topological polar surface area (TPSA) is 78.5 Å². The maximum Gasteiger partial charge on any atom is 0.339 e. The van der Waals surface area contributed by atoms with Gasteiger partial charge in [-0.05, 0) is 18.3 Å². The molecule has 6 nitrogen and oxygen atoms in total. The van der Waals surface area contributed by atoms with Crippen LogP contribution in [0.15, 0.2) is 0 Å². The van der Waals surface area contributed by atoms with Gasteiger partial charge in [-0.1, -0.05) is 26.7 Å². The third-order valence-electron chi connectivity index (χ3n) is 2.74. The van der Waals surface area contributed by atoms with Gasteiger partial charge in [-0.3, -0.25) is 4.72 Å². The van der Waals surface area contributed by atoms with Crippen molar-refractivity contribution in [3.8, 4) is 0 Å². The molecule has 0 aromatic carbocycles. The molecule has 0 aliphatic carbocycles. The van der Waals surface area contributed by atoms with Crippen LogP contribution in [-0.4, -0.2) is 31.8 Å². The number of carbonyl (C=O) groups is 1. The third kappa shape index (κ3) is 3.53. The second-order valence-electron chi connectivity index (χ2n) is 4.61. The first kappa shape index (κ1) is 13.6. The van der Waals surface area contributed by atoms with E-state index in [-0.39, 0.29) is 5.41 Å². The minimum Gasteiger partial charge on any atom is -0.284 e. The lowest BCUT2D eigenvalue weighted by atomic mass is 9.83. The lowest BCUT2D eigenvalue weighted by Gasteiger charge is -2.35. The molecule has 94 valence electrons. The number of amides is 2. The smallest absolute Gasteiger partial charge is 0.284 e. The van der Waals surface area contributed by atoms with Crippen LogP contribution in [0.3, 0.4) is 0 Å². The summed E-state index contributed by atoms with van der Waals surface area (Å²) in [7, 11) is -3.72. The van der Waals surface area contributed by atoms with E-state index >= 15 is 0 Å². The number of carbonyl (C=O) groups excluding carboxylic acids is 1. The lowest BCUT2D eigenvalue weighted by molar-refractivity contribution is 0.194. The van der Waals surface area contributed by atoms with Gasteiger partial charge in [0, 0.05) is 13.1 Å². The SMILES string of the molecule is CC1(C)CCN(S(=O)(=O)NC(=O)NS)CC1. The maximum absolute atomic E-state index is 11.7. The zero-order valence-electron chi connectivity index (χ0n) is 9.36. The van der Waals surface area contributed by atoms with Crippen molar-refractivity contribution in [2.45, 2.75) is 26.7 Å². The Bertz CT molecular complexity index is 357. The highest BCUT2D eigenvalue weighted by atomic mass is 32.2. The number of nitrogens with zero attached hydrogens (tertiary/aromatic N) is 1. The number of urea groups is 1. The summed E-state index contributed by atoms with van der Waals surface area (Å²) < 4.78 is 28.4. The van der Waals surface area contributed by atoms with E-state index < -0.39 is 16.2 Å². The van der Waals surface area contributed by atoms with Crippen molar-refractivity contribution in [3.05, 3.63) is 0 Å². The number of rotatable bonds is 2. The molecule has 1 aliphatic rings. The van der Waals surface area contributed by atoms with E-state index in [1.807, 2.05) is 9.44 Å². The van der Waals surface area contributed by atoms with Gasteiger partial charge in [-0.25, -0.2) is 9.52 Å². The Hall–Kier alpha value is -0.470. The quantitative estimate of drug-likeness (QED) is 0.637. The van der Waals surface area contributed by atoms with Gasteiger partial charge in [0.1, 0.15) is 0 Å². The van der Waals surface area contributed by atoms with Gasteiger partial charge < -0.3 is 0 Å². The highest BCUT2D eigenvalue weighted by molar-refractivity contribution is 7.87. The predicted octanol–water partition coefficient (Wildman–Crippen LogP) is 0.497. The molecular formula is C8H17N3O3S2. The summed E-state index contributed by atoms with van der Waals surface area (Å²) in [6.07, 6.45) is 1.58. The Morgan fingerprint density at radius 2 is 1.81 bits per heavy atom. The van der Waals surface area contributed by atoms with Crippen LogP contribution in [0, 0.1) is 5.41 Å². The highest BCUT2D eigenvalue weighted by Gasteiger charge is 2.32. The summed E-state index contributed by atoms with van der Waals surface area (Å²) in [6, 6.07) is -0.840. The molecule has 1 aliphatic heterocycles. The summed E-state index contributed by atoms with van der Waals surface area (Å²) in [5, 5.41) is 0. The van der Waals surface area contributed by atoms with Gasteiger partial charge >= 0.3 is 16.2 Å². The first-order chi connectivity index (χ1) is 7.27. The van der Waals surface area contributed by atoms with E-state index in [1.165, 1.54) is 4.31 Å². The van der Waals surface area contributed by atoms with Gasteiger partial charge in [0.15, 0.2) is 0 Å². The largest absolute Gasteiger partial charge is 0.339 e. The standard InChI is InChI=1S/C8H17N3O3S2/c1-8(2)3-5-11(6-4-8)16(13,14)10-7(12)9-15/h15H,3-6H2,1-2H3,(H2,9,10,12). The van der Waals surface area contributed by atoms with Gasteiger partial charge in [-0.15, -0.1) is 0 Å². The molecule has 8 heteroatoms. The molecule has 1 fully saturated rings. The fourth-order valence-electron chi connectivity index (χ4n) is 1.54. The van der Waals surface area contributed by atoms with Crippen LogP contribution in [0.5, 0.6) is 0 Å². The fraction of sp³-hybridized carbons (Fsp3) is 0.875. The first-order valence-corrected chi connectivity index (χ1v) is 6.87. The Kier molecular flexibility index (Phi) is 4.08.